The third kappa shape index (κ3) is 2.19. The van der Waals surface area contributed by atoms with Crippen LogP contribution in [0.3, 0.4) is 0 Å². The first kappa shape index (κ1) is 11.3. The Kier molecular flexibility index (Phi) is 3.07. The Bertz CT molecular complexity index is 373. The van der Waals surface area contributed by atoms with Crippen LogP contribution in [-0.2, 0) is 6.18 Å². The molecule has 1 nitrogen and oxygen atoms in total. The summed E-state index contributed by atoms with van der Waals surface area (Å²) in [4.78, 5) is 0. The molecule has 0 saturated carbocycles. The average molecular weight is 242 g/mol. The maximum atomic E-state index is 12.4. The minimum Gasteiger partial charge on any atom is -0.289 e. The predicted octanol–water partition coefficient (Wildman–Crippen LogP) is 3.92. The van der Waals surface area contributed by atoms with Crippen molar-refractivity contribution >= 4 is 28.4 Å². The lowest BCUT2D eigenvalue weighted by atomic mass is 10.1. The maximum Gasteiger partial charge on any atom is 0.417 e. The number of benzene rings is 1. The topological polar surface area (TPSA) is 23.9 Å². The van der Waals surface area contributed by atoms with Crippen LogP contribution in [0.1, 0.15) is 11.1 Å². The monoisotopic (exact) mass is 241 g/mol. The fourth-order valence-corrected chi connectivity index (χ4v) is 1.50. The summed E-state index contributed by atoms with van der Waals surface area (Å²) in [6, 6.07) is 3.25. The van der Waals surface area contributed by atoms with Crippen molar-refractivity contribution in [1.82, 2.24) is 0 Å². The van der Waals surface area contributed by atoms with E-state index in [2.05, 4.69) is 0 Å². The summed E-state index contributed by atoms with van der Waals surface area (Å²) in [7, 11) is 0. The molecule has 0 amide bonds. The molecule has 1 rings (SSSR count). The lowest BCUT2D eigenvalue weighted by molar-refractivity contribution is -0.137. The van der Waals surface area contributed by atoms with Gasteiger partial charge >= 0.3 is 6.18 Å². The summed E-state index contributed by atoms with van der Waals surface area (Å²) in [6.07, 6.45) is -4.55. The summed E-state index contributed by atoms with van der Waals surface area (Å²) < 4.78 is 37.1. The van der Waals surface area contributed by atoms with E-state index in [0.717, 1.165) is 12.1 Å². The van der Waals surface area contributed by atoms with Crippen molar-refractivity contribution in [3.05, 3.63) is 34.3 Å². The Labute approximate surface area is 87.9 Å². The van der Waals surface area contributed by atoms with Crippen LogP contribution in [-0.4, -0.2) is 5.17 Å². The Morgan fingerprint density at radius 2 is 1.86 bits per heavy atom. The number of hydrogen-bond acceptors (Lipinski definition) is 1. The zero-order valence-corrected chi connectivity index (χ0v) is 8.13. The van der Waals surface area contributed by atoms with E-state index in [0.29, 0.717) is 0 Å². The molecule has 0 atom stereocenters. The van der Waals surface area contributed by atoms with Crippen molar-refractivity contribution < 1.29 is 13.2 Å². The fourth-order valence-electron chi connectivity index (χ4n) is 0.983. The third-order valence-corrected chi connectivity index (χ3v) is 2.04. The Hall–Kier alpha value is -0.740. The molecule has 1 N–H and O–H groups in total. The first-order valence-electron chi connectivity index (χ1n) is 3.44. The minimum absolute atomic E-state index is 0.181. The van der Waals surface area contributed by atoms with Gasteiger partial charge in [0, 0.05) is 5.56 Å². The van der Waals surface area contributed by atoms with Crippen LogP contribution in [0, 0.1) is 5.41 Å². The molecule has 14 heavy (non-hydrogen) atoms. The highest BCUT2D eigenvalue weighted by Crippen LogP contribution is 2.35. The smallest absolute Gasteiger partial charge is 0.289 e. The Morgan fingerprint density at radius 1 is 1.29 bits per heavy atom. The van der Waals surface area contributed by atoms with Gasteiger partial charge in [-0.2, -0.15) is 13.2 Å². The molecular formula is C8H4Cl2F3N. The van der Waals surface area contributed by atoms with E-state index in [-0.39, 0.29) is 5.02 Å². The van der Waals surface area contributed by atoms with Gasteiger partial charge in [-0.15, -0.1) is 0 Å². The largest absolute Gasteiger partial charge is 0.417 e. The van der Waals surface area contributed by atoms with E-state index in [9.17, 15) is 13.2 Å². The van der Waals surface area contributed by atoms with Crippen molar-refractivity contribution in [1.29, 1.82) is 5.41 Å². The SMILES string of the molecule is N=C(Cl)c1c(Cl)cccc1C(F)(F)F. The van der Waals surface area contributed by atoms with Crippen LogP contribution in [0.5, 0.6) is 0 Å². The number of nitrogens with one attached hydrogen (secondary N) is 1. The predicted molar refractivity (Wildman–Crippen MR) is 49.1 cm³/mol. The summed E-state index contributed by atoms with van der Waals surface area (Å²) in [5.41, 5.74) is -1.48. The second-order valence-corrected chi connectivity index (χ2v) is 3.26. The molecule has 0 aliphatic heterocycles. The fraction of sp³-hybridized carbons (Fsp3) is 0.125. The molecule has 0 aliphatic rings. The maximum absolute atomic E-state index is 12.4. The second kappa shape index (κ2) is 3.79. The normalized spacial score (nSPS) is 11.5. The molecule has 0 aliphatic carbocycles. The molecule has 0 aromatic heterocycles. The zero-order valence-electron chi connectivity index (χ0n) is 6.62. The van der Waals surface area contributed by atoms with E-state index in [1.54, 1.807) is 0 Å². The van der Waals surface area contributed by atoms with E-state index in [1.165, 1.54) is 6.07 Å². The molecule has 0 saturated heterocycles. The van der Waals surface area contributed by atoms with Gasteiger partial charge in [-0.3, -0.25) is 5.41 Å². The molecule has 0 unspecified atom stereocenters. The summed E-state index contributed by atoms with van der Waals surface area (Å²) in [5.74, 6) is 0. The van der Waals surface area contributed by atoms with Gasteiger partial charge in [-0.25, -0.2) is 0 Å². The molecule has 0 fully saturated rings. The van der Waals surface area contributed by atoms with Gasteiger partial charge < -0.3 is 0 Å². The molecule has 76 valence electrons. The van der Waals surface area contributed by atoms with Crippen molar-refractivity contribution in [3.8, 4) is 0 Å². The number of hydrogen-bond donors (Lipinski definition) is 1. The molecule has 1 aromatic carbocycles. The van der Waals surface area contributed by atoms with Crippen LogP contribution in [0.15, 0.2) is 18.2 Å². The quantitative estimate of drug-likeness (QED) is 0.721. The van der Waals surface area contributed by atoms with Crippen molar-refractivity contribution in [2.45, 2.75) is 6.18 Å². The van der Waals surface area contributed by atoms with Crippen LogP contribution in [0.25, 0.3) is 0 Å². The van der Waals surface area contributed by atoms with Crippen molar-refractivity contribution in [3.63, 3.8) is 0 Å². The van der Waals surface area contributed by atoms with E-state index in [4.69, 9.17) is 28.6 Å². The van der Waals surface area contributed by atoms with Crippen LogP contribution >= 0.6 is 23.2 Å². The van der Waals surface area contributed by atoms with Crippen LogP contribution in [0.4, 0.5) is 13.2 Å². The molecule has 0 spiro atoms. The van der Waals surface area contributed by atoms with Gasteiger partial charge in [0.25, 0.3) is 0 Å². The number of alkyl halides is 3. The second-order valence-electron chi connectivity index (χ2n) is 2.47. The number of halogens is 5. The van der Waals surface area contributed by atoms with E-state index in [1.807, 2.05) is 0 Å². The third-order valence-electron chi connectivity index (χ3n) is 1.54. The molecule has 6 heteroatoms. The van der Waals surface area contributed by atoms with Gasteiger partial charge in [0.2, 0.25) is 0 Å². The van der Waals surface area contributed by atoms with E-state index < -0.39 is 22.5 Å². The number of rotatable bonds is 1. The molecule has 0 bridgehead atoms. The summed E-state index contributed by atoms with van der Waals surface area (Å²) in [5, 5.41) is 6.08. The Balaban J connectivity index is 3.44. The molecule has 1 aromatic rings. The standard InChI is InChI=1S/C8H4Cl2F3N/c9-5-3-1-2-4(8(11,12)13)6(5)7(10)14/h1-3,14H. The molecular weight excluding hydrogens is 238 g/mol. The van der Waals surface area contributed by atoms with Gasteiger partial charge in [-0.1, -0.05) is 29.3 Å². The zero-order chi connectivity index (χ0) is 10.9. The van der Waals surface area contributed by atoms with E-state index >= 15 is 0 Å². The van der Waals surface area contributed by atoms with Crippen LogP contribution in [0.2, 0.25) is 5.02 Å². The average Bonchev–Trinajstić information content (AvgIpc) is 2.01. The first-order valence-corrected chi connectivity index (χ1v) is 4.19. The van der Waals surface area contributed by atoms with Gasteiger partial charge in [0.15, 0.2) is 0 Å². The van der Waals surface area contributed by atoms with Crippen molar-refractivity contribution in [2.75, 3.05) is 0 Å². The molecule has 0 radical (unpaired) electrons. The van der Waals surface area contributed by atoms with Crippen LogP contribution < -0.4 is 0 Å². The molecule has 0 heterocycles. The lowest BCUT2D eigenvalue weighted by Gasteiger charge is -2.11. The van der Waals surface area contributed by atoms with Gasteiger partial charge in [0.05, 0.1) is 10.6 Å². The minimum atomic E-state index is -4.55. The first-order chi connectivity index (χ1) is 6.34. The highest BCUT2D eigenvalue weighted by atomic mass is 35.5. The van der Waals surface area contributed by atoms with Gasteiger partial charge in [0.1, 0.15) is 5.17 Å². The summed E-state index contributed by atoms with van der Waals surface area (Å²) in [6.45, 7) is 0. The Morgan fingerprint density at radius 3 is 2.21 bits per heavy atom. The highest BCUT2D eigenvalue weighted by molar-refractivity contribution is 6.69. The van der Waals surface area contributed by atoms with Gasteiger partial charge in [-0.05, 0) is 12.1 Å². The van der Waals surface area contributed by atoms with Crippen molar-refractivity contribution in [2.24, 2.45) is 0 Å². The highest BCUT2D eigenvalue weighted by Gasteiger charge is 2.34. The lowest BCUT2D eigenvalue weighted by Crippen LogP contribution is -2.11. The summed E-state index contributed by atoms with van der Waals surface area (Å²) >= 11 is 10.7.